The second-order valence-electron chi connectivity index (χ2n) is 8.77. The largest absolute Gasteiger partial charge is 0.327 e. The van der Waals surface area contributed by atoms with Crippen LogP contribution < -0.4 is 5.32 Å². The summed E-state index contributed by atoms with van der Waals surface area (Å²) in [7, 11) is 3.80. The van der Waals surface area contributed by atoms with Crippen LogP contribution in [0.25, 0.3) is 11.1 Å². The number of halogens is 2. The smallest absolute Gasteiger partial charge is 0.244 e. The third kappa shape index (κ3) is 7.56. The summed E-state index contributed by atoms with van der Waals surface area (Å²) in [6, 6.07) is 21.8. The predicted molar refractivity (Wildman–Crippen MR) is 145 cm³/mol. The number of benzene rings is 3. The Morgan fingerprint density at radius 3 is 2.25 bits per heavy atom. The van der Waals surface area contributed by atoms with Crippen LogP contribution in [0.2, 0.25) is 10.0 Å². The zero-order valence-electron chi connectivity index (χ0n) is 20.5. The van der Waals surface area contributed by atoms with Crippen molar-refractivity contribution in [2.24, 2.45) is 0 Å². The molecule has 0 aromatic heterocycles. The Hall–Kier alpha value is -3.37. The van der Waals surface area contributed by atoms with Crippen LogP contribution in [-0.4, -0.2) is 48.8 Å². The lowest BCUT2D eigenvalue weighted by molar-refractivity contribution is -0.137. The van der Waals surface area contributed by atoms with Gasteiger partial charge in [-0.1, -0.05) is 59.6 Å². The van der Waals surface area contributed by atoms with E-state index in [9.17, 15) is 14.9 Å². The van der Waals surface area contributed by atoms with Gasteiger partial charge in [-0.05, 0) is 68.0 Å². The fourth-order valence-corrected chi connectivity index (χ4v) is 4.31. The van der Waals surface area contributed by atoms with E-state index in [-0.39, 0.29) is 30.8 Å². The normalized spacial score (nSPS) is 11.6. The molecule has 0 saturated heterocycles. The van der Waals surface area contributed by atoms with Gasteiger partial charge in [0, 0.05) is 28.7 Å². The standard InChI is InChI=1S/C28H28Cl2N4O2/c1-19(21-7-9-22(10-8-21)23-6-4-5-20(13-23)17-31)34(28(36)11-12-33(2)3)18-27(35)32-26-15-24(29)14-25(30)16-26/h4-10,13-16,19H,11-12,18H2,1-3H3,(H,32,35). The molecule has 1 atom stereocenters. The lowest BCUT2D eigenvalue weighted by atomic mass is 9.99. The minimum Gasteiger partial charge on any atom is -0.327 e. The van der Waals surface area contributed by atoms with Gasteiger partial charge in [-0.15, -0.1) is 0 Å². The molecule has 0 radical (unpaired) electrons. The van der Waals surface area contributed by atoms with Crippen molar-refractivity contribution in [2.45, 2.75) is 19.4 Å². The van der Waals surface area contributed by atoms with Gasteiger partial charge in [0.25, 0.3) is 0 Å². The Morgan fingerprint density at radius 1 is 0.972 bits per heavy atom. The Kier molecular flexibility index (Phi) is 9.49. The number of nitrogens with zero attached hydrogens (tertiary/aromatic N) is 3. The first kappa shape index (κ1) is 27.2. The van der Waals surface area contributed by atoms with Gasteiger partial charge in [-0.3, -0.25) is 9.59 Å². The minimum absolute atomic E-state index is 0.122. The van der Waals surface area contributed by atoms with E-state index in [1.54, 1.807) is 29.2 Å². The first-order chi connectivity index (χ1) is 17.2. The Morgan fingerprint density at radius 2 is 1.64 bits per heavy atom. The molecule has 0 aliphatic carbocycles. The molecule has 3 rings (SSSR count). The van der Waals surface area contributed by atoms with Gasteiger partial charge < -0.3 is 15.1 Å². The van der Waals surface area contributed by atoms with Crippen molar-refractivity contribution >= 4 is 40.7 Å². The molecule has 186 valence electrons. The van der Waals surface area contributed by atoms with Gasteiger partial charge in [0.2, 0.25) is 11.8 Å². The number of anilines is 1. The van der Waals surface area contributed by atoms with Crippen LogP contribution in [0.1, 0.15) is 30.5 Å². The Balaban J connectivity index is 1.80. The molecule has 0 heterocycles. The summed E-state index contributed by atoms with van der Waals surface area (Å²) in [6.45, 7) is 2.35. The van der Waals surface area contributed by atoms with Crippen molar-refractivity contribution in [3.05, 3.63) is 87.9 Å². The van der Waals surface area contributed by atoms with Crippen LogP contribution in [0.5, 0.6) is 0 Å². The lowest BCUT2D eigenvalue weighted by Crippen LogP contribution is -2.40. The van der Waals surface area contributed by atoms with E-state index in [0.717, 1.165) is 16.7 Å². The molecule has 0 aliphatic rings. The maximum absolute atomic E-state index is 13.2. The van der Waals surface area contributed by atoms with Gasteiger partial charge in [-0.2, -0.15) is 5.26 Å². The number of rotatable bonds is 9. The molecule has 1 unspecified atom stereocenters. The summed E-state index contributed by atoms with van der Waals surface area (Å²) >= 11 is 12.1. The molecule has 3 aromatic carbocycles. The van der Waals surface area contributed by atoms with Crippen LogP contribution in [0.4, 0.5) is 5.69 Å². The molecule has 1 N–H and O–H groups in total. The quantitative estimate of drug-likeness (QED) is 0.373. The van der Waals surface area contributed by atoms with Crippen LogP contribution >= 0.6 is 23.2 Å². The van der Waals surface area contributed by atoms with E-state index in [2.05, 4.69) is 11.4 Å². The number of carbonyl (C=O) groups is 2. The molecule has 8 heteroatoms. The zero-order valence-corrected chi connectivity index (χ0v) is 22.0. The Labute approximate surface area is 222 Å². The number of hydrogen-bond acceptors (Lipinski definition) is 4. The van der Waals surface area contributed by atoms with E-state index in [0.29, 0.717) is 27.8 Å². The van der Waals surface area contributed by atoms with Crippen LogP contribution in [0, 0.1) is 11.3 Å². The summed E-state index contributed by atoms with van der Waals surface area (Å²) in [4.78, 5) is 29.6. The lowest BCUT2D eigenvalue weighted by Gasteiger charge is -2.30. The molecule has 0 saturated carbocycles. The first-order valence-corrected chi connectivity index (χ1v) is 12.2. The van der Waals surface area contributed by atoms with E-state index in [1.165, 1.54) is 0 Å². The summed E-state index contributed by atoms with van der Waals surface area (Å²) in [5.41, 5.74) is 3.85. The van der Waals surface area contributed by atoms with Crippen molar-refractivity contribution in [3.8, 4) is 17.2 Å². The van der Waals surface area contributed by atoms with Gasteiger partial charge in [0.1, 0.15) is 6.54 Å². The van der Waals surface area contributed by atoms with Crippen molar-refractivity contribution < 1.29 is 9.59 Å². The summed E-state index contributed by atoms with van der Waals surface area (Å²) in [6.07, 6.45) is 0.284. The molecular weight excluding hydrogens is 495 g/mol. The van der Waals surface area contributed by atoms with Gasteiger partial charge in [0.15, 0.2) is 0 Å². The second-order valence-corrected chi connectivity index (χ2v) is 9.64. The molecule has 0 spiro atoms. The number of amides is 2. The van der Waals surface area contributed by atoms with Gasteiger partial charge in [0.05, 0.1) is 17.7 Å². The van der Waals surface area contributed by atoms with Crippen molar-refractivity contribution in [3.63, 3.8) is 0 Å². The van der Waals surface area contributed by atoms with Gasteiger partial charge >= 0.3 is 0 Å². The summed E-state index contributed by atoms with van der Waals surface area (Å²) in [5, 5.41) is 12.8. The highest BCUT2D eigenvalue weighted by molar-refractivity contribution is 6.35. The van der Waals surface area contributed by atoms with E-state index >= 15 is 0 Å². The number of hydrogen-bond donors (Lipinski definition) is 1. The maximum Gasteiger partial charge on any atom is 0.244 e. The highest BCUT2D eigenvalue weighted by Gasteiger charge is 2.24. The first-order valence-electron chi connectivity index (χ1n) is 11.5. The average molecular weight is 523 g/mol. The zero-order chi connectivity index (χ0) is 26.2. The SMILES string of the molecule is CC(c1ccc(-c2cccc(C#N)c2)cc1)N(CC(=O)Nc1cc(Cl)cc(Cl)c1)C(=O)CCN(C)C. The molecule has 0 aliphatic heterocycles. The fourth-order valence-electron chi connectivity index (χ4n) is 3.79. The van der Waals surface area contributed by atoms with Crippen LogP contribution in [-0.2, 0) is 9.59 Å². The number of nitrogens with one attached hydrogen (secondary N) is 1. The van der Waals surface area contributed by atoms with Gasteiger partial charge in [-0.25, -0.2) is 0 Å². The molecular formula is C28H28Cl2N4O2. The highest BCUT2D eigenvalue weighted by atomic mass is 35.5. The highest BCUT2D eigenvalue weighted by Crippen LogP contribution is 2.27. The molecule has 3 aromatic rings. The van der Waals surface area contributed by atoms with E-state index < -0.39 is 0 Å². The third-order valence-corrected chi connectivity index (χ3v) is 6.18. The molecule has 36 heavy (non-hydrogen) atoms. The molecule has 0 bridgehead atoms. The topological polar surface area (TPSA) is 76.4 Å². The number of nitriles is 1. The Bertz CT molecular complexity index is 1250. The molecule has 2 amide bonds. The average Bonchev–Trinajstić information content (AvgIpc) is 2.85. The van der Waals surface area contributed by atoms with E-state index in [1.807, 2.05) is 68.4 Å². The number of carbonyl (C=O) groups excluding carboxylic acids is 2. The predicted octanol–water partition coefficient (Wildman–Crippen LogP) is 6.01. The third-order valence-electron chi connectivity index (χ3n) is 5.74. The van der Waals surface area contributed by atoms with Crippen molar-refractivity contribution in [1.29, 1.82) is 5.26 Å². The van der Waals surface area contributed by atoms with Crippen LogP contribution in [0.3, 0.4) is 0 Å². The fraction of sp³-hybridized carbons (Fsp3) is 0.250. The molecule has 6 nitrogen and oxygen atoms in total. The molecule has 0 fully saturated rings. The monoisotopic (exact) mass is 522 g/mol. The maximum atomic E-state index is 13.2. The minimum atomic E-state index is -0.344. The van der Waals surface area contributed by atoms with Crippen molar-refractivity contribution in [2.75, 3.05) is 32.5 Å². The van der Waals surface area contributed by atoms with Crippen LogP contribution in [0.15, 0.2) is 66.7 Å². The van der Waals surface area contributed by atoms with Crippen molar-refractivity contribution in [1.82, 2.24) is 9.80 Å². The summed E-state index contributed by atoms with van der Waals surface area (Å²) < 4.78 is 0. The second kappa shape index (κ2) is 12.5. The summed E-state index contributed by atoms with van der Waals surface area (Å²) in [5.74, 6) is -0.468. The van der Waals surface area contributed by atoms with E-state index in [4.69, 9.17) is 23.2 Å².